The second-order valence-corrected chi connectivity index (χ2v) is 3.64. The number of aliphatic hydroxyl groups is 1. The van der Waals surface area contributed by atoms with E-state index in [1.807, 2.05) is 13.0 Å². The highest BCUT2D eigenvalue weighted by molar-refractivity contribution is 5.14. The van der Waals surface area contributed by atoms with E-state index in [0.717, 1.165) is 17.7 Å². The Kier molecular flexibility index (Phi) is 2.93. The Labute approximate surface area is 73.2 Å². The molecule has 1 rings (SSSR count). The van der Waals surface area contributed by atoms with Crippen LogP contribution in [0.25, 0.3) is 0 Å². The van der Waals surface area contributed by atoms with E-state index in [9.17, 15) is 5.11 Å². The summed E-state index contributed by atoms with van der Waals surface area (Å²) in [5.41, 5.74) is 0.890. The van der Waals surface area contributed by atoms with E-state index >= 15 is 0 Å². The largest absolute Gasteiger partial charge is 0.469 e. The topological polar surface area (TPSA) is 33.4 Å². The summed E-state index contributed by atoms with van der Waals surface area (Å²) >= 11 is 0. The summed E-state index contributed by atoms with van der Waals surface area (Å²) < 4.78 is 5.11. The van der Waals surface area contributed by atoms with E-state index in [2.05, 4.69) is 13.8 Å². The van der Waals surface area contributed by atoms with Gasteiger partial charge in [0.2, 0.25) is 0 Å². The maximum Gasteiger partial charge on any atom is 0.101 e. The van der Waals surface area contributed by atoms with Gasteiger partial charge in [-0.15, -0.1) is 0 Å². The normalized spacial score (nSPS) is 13.8. The van der Waals surface area contributed by atoms with Crippen LogP contribution >= 0.6 is 0 Å². The molecule has 0 aliphatic carbocycles. The van der Waals surface area contributed by atoms with E-state index < -0.39 is 0 Å². The first-order chi connectivity index (χ1) is 5.59. The predicted molar refractivity (Wildman–Crippen MR) is 47.9 cm³/mol. The fourth-order valence-corrected chi connectivity index (χ4v) is 1.22. The molecule has 1 unspecified atom stereocenters. The minimum Gasteiger partial charge on any atom is -0.469 e. The van der Waals surface area contributed by atoms with Crippen molar-refractivity contribution in [3.63, 3.8) is 0 Å². The van der Waals surface area contributed by atoms with Crippen LogP contribution in [0, 0.1) is 12.8 Å². The third-order valence-corrected chi connectivity index (χ3v) is 1.83. The number of hydrogen-bond acceptors (Lipinski definition) is 2. The monoisotopic (exact) mass is 168 g/mol. The summed E-state index contributed by atoms with van der Waals surface area (Å²) in [4.78, 5) is 0. The number of hydrogen-bond donors (Lipinski definition) is 1. The number of aryl methyl sites for hydroxylation is 1. The van der Waals surface area contributed by atoms with Crippen molar-refractivity contribution in [1.82, 2.24) is 0 Å². The van der Waals surface area contributed by atoms with Gasteiger partial charge in [-0.1, -0.05) is 13.8 Å². The van der Waals surface area contributed by atoms with Crippen LogP contribution in [0.3, 0.4) is 0 Å². The molecular formula is C10H16O2. The van der Waals surface area contributed by atoms with E-state index in [1.165, 1.54) is 0 Å². The number of furan rings is 1. The Morgan fingerprint density at radius 1 is 1.50 bits per heavy atom. The molecular weight excluding hydrogens is 152 g/mol. The molecule has 0 bridgehead atoms. The van der Waals surface area contributed by atoms with Gasteiger partial charge < -0.3 is 9.52 Å². The minimum absolute atomic E-state index is 0.373. The summed E-state index contributed by atoms with van der Waals surface area (Å²) in [5.74, 6) is 1.36. The average Bonchev–Trinajstić information content (AvgIpc) is 2.34. The molecule has 0 aromatic carbocycles. The maximum absolute atomic E-state index is 9.64. The van der Waals surface area contributed by atoms with E-state index in [0.29, 0.717) is 5.92 Å². The highest BCUT2D eigenvalue weighted by atomic mass is 16.3. The van der Waals surface area contributed by atoms with Gasteiger partial charge in [0.25, 0.3) is 0 Å². The Morgan fingerprint density at radius 3 is 2.58 bits per heavy atom. The summed E-state index contributed by atoms with van der Waals surface area (Å²) in [6, 6.07) is 1.88. The van der Waals surface area contributed by atoms with Crippen LogP contribution in [0.2, 0.25) is 0 Å². The van der Waals surface area contributed by atoms with E-state index in [4.69, 9.17) is 4.42 Å². The summed E-state index contributed by atoms with van der Waals surface area (Å²) in [6.07, 6.45) is 2.05. The van der Waals surface area contributed by atoms with Gasteiger partial charge in [0.15, 0.2) is 0 Å². The zero-order valence-corrected chi connectivity index (χ0v) is 7.87. The molecule has 1 heterocycles. The van der Waals surface area contributed by atoms with Gasteiger partial charge in [0.1, 0.15) is 5.76 Å². The quantitative estimate of drug-likeness (QED) is 0.752. The van der Waals surface area contributed by atoms with Gasteiger partial charge in [0.05, 0.1) is 12.4 Å². The highest BCUT2D eigenvalue weighted by Gasteiger charge is 2.11. The Balaban J connectivity index is 2.58. The van der Waals surface area contributed by atoms with Crippen molar-refractivity contribution >= 4 is 0 Å². The molecule has 0 radical (unpaired) electrons. The van der Waals surface area contributed by atoms with Gasteiger partial charge in [0, 0.05) is 5.56 Å². The van der Waals surface area contributed by atoms with Crippen molar-refractivity contribution in [3.8, 4) is 0 Å². The van der Waals surface area contributed by atoms with Gasteiger partial charge in [-0.3, -0.25) is 0 Å². The lowest BCUT2D eigenvalue weighted by molar-refractivity contribution is 0.150. The van der Waals surface area contributed by atoms with Gasteiger partial charge in [-0.25, -0.2) is 0 Å². The van der Waals surface area contributed by atoms with Crippen molar-refractivity contribution in [2.45, 2.75) is 33.3 Å². The molecule has 0 saturated heterocycles. The average molecular weight is 168 g/mol. The number of aliphatic hydroxyl groups excluding tert-OH is 1. The van der Waals surface area contributed by atoms with Gasteiger partial charge in [-0.2, -0.15) is 0 Å². The van der Waals surface area contributed by atoms with Crippen LogP contribution in [0.5, 0.6) is 0 Å². The molecule has 1 aromatic heterocycles. The molecule has 0 fully saturated rings. The molecule has 0 aliphatic rings. The van der Waals surface area contributed by atoms with Crippen LogP contribution in [-0.4, -0.2) is 5.11 Å². The van der Waals surface area contributed by atoms with Crippen molar-refractivity contribution in [3.05, 3.63) is 23.7 Å². The minimum atomic E-state index is -0.373. The Morgan fingerprint density at radius 2 is 2.17 bits per heavy atom. The first-order valence-electron chi connectivity index (χ1n) is 4.32. The molecule has 1 N–H and O–H groups in total. The van der Waals surface area contributed by atoms with Crippen LogP contribution in [0.4, 0.5) is 0 Å². The molecule has 68 valence electrons. The second-order valence-electron chi connectivity index (χ2n) is 3.64. The third kappa shape index (κ3) is 2.38. The molecule has 2 nitrogen and oxygen atoms in total. The molecule has 0 aliphatic heterocycles. The molecule has 2 heteroatoms. The van der Waals surface area contributed by atoms with Crippen LogP contribution < -0.4 is 0 Å². The SMILES string of the molecule is Cc1cc(C(O)CC(C)C)co1. The summed E-state index contributed by atoms with van der Waals surface area (Å²) in [5, 5.41) is 9.64. The van der Waals surface area contributed by atoms with Crippen molar-refractivity contribution in [2.24, 2.45) is 5.92 Å². The molecule has 1 aromatic rings. The predicted octanol–water partition coefficient (Wildman–Crippen LogP) is 2.67. The second kappa shape index (κ2) is 3.76. The smallest absolute Gasteiger partial charge is 0.101 e. The Bertz CT molecular complexity index is 238. The lowest BCUT2D eigenvalue weighted by Crippen LogP contribution is -2.00. The zero-order valence-electron chi connectivity index (χ0n) is 7.87. The Hall–Kier alpha value is -0.760. The lowest BCUT2D eigenvalue weighted by Gasteiger charge is -2.09. The number of rotatable bonds is 3. The van der Waals surface area contributed by atoms with Crippen molar-refractivity contribution in [2.75, 3.05) is 0 Å². The van der Waals surface area contributed by atoms with E-state index in [-0.39, 0.29) is 6.10 Å². The zero-order chi connectivity index (χ0) is 9.14. The summed E-state index contributed by atoms with van der Waals surface area (Å²) in [7, 11) is 0. The standard InChI is InChI=1S/C10H16O2/c1-7(2)4-10(11)9-5-8(3)12-6-9/h5-7,10-11H,4H2,1-3H3. The molecule has 0 amide bonds. The lowest BCUT2D eigenvalue weighted by atomic mass is 10.0. The fourth-order valence-electron chi connectivity index (χ4n) is 1.22. The third-order valence-electron chi connectivity index (χ3n) is 1.83. The van der Waals surface area contributed by atoms with Gasteiger partial charge in [-0.05, 0) is 25.3 Å². The van der Waals surface area contributed by atoms with Gasteiger partial charge >= 0.3 is 0 Å². The van der Waals surface area contributed by atoms with E-state index in [1.54, 1.807) is 6.26 Å². The maximum atomic E-state index is 9.64. The molecule has 0 saturated carbocycles. The fraction of sp³-hybridized carbons (Fsp3) is 0.600. The first kappa shape index (κ1) is 9.33. The van der Waals surface area contributed by atoms with Crippen LogP contribution in [0.1, 0.15) is 37.7 Å². The molecule has 0 spiro atoms. The molecule has 1 atom stereocenters. The first-order valence-corrected chi connectivity index (χ1v) is 4.32. The summed E-state index contributed by atoms with van der Waals surface area (Å²) in [6.45, 7) is 6.07. The van der Waals surface area contributed by atoms with Crippen LogP contribution in [0.15, 0.2) is 16.7 Å². The highest BCUT2D eigenvalue weighted by Crippen LogP contribution is 2.22. The van der Waals surface area contributed by atoms with Crippen LogP contribution in [-0.2, 0) is 0 Å². The van der Waals surface area contributed by atoms with Crippen molar-refractivity contribution < 1.29 is 9.52 Å². The van der Waals surface area contributed by atoms with Crippen molar-refractivity contribution in [1.29, 1.82) is 0 Å². The molecule has 12 heavy (non-hydrogen) atoms.